The van der Waals surface area contributed by atoms with Crippen molar-refractivity contribution in [3.05, 3.63) is 35.0 Å². The van der Waals surface area contributed by atoms with E-state index in [0.717, 1.165) is 12.1 Å². The Morgan fingerprint density at radius 1 is 1.42 bits per heavy atom. The fourth-order valence-electron chi connectivity index (χ4n) is 1.73. The molecule has 7 heteroatoms. The van der Waals surface area contributed by atoms with Crippen molar-refractivity contribution >= 4 is 5.97 Å². The van der Waals surface area contributed by atoms with Gasteiger partial charge in [-0.3, -0.25) is 0 Å². The van der Waals surface area contributed by atoms with Crippen molar-refractivity contribution in [1.82, 2.24) is 5.16 Å². The summed E-state index contributed by atoms with van der Waals surface area (Å²) in [6.07, 6.45) is 0.234. The number of aromatic nitrogens is 1. The summed E-state index contributed by atoms with van der Waals surface area (Å²) in [6.45, 7) is 1.64. The van der Waals surface area contributed by atoms with Gasteiger partial charge in [0.2, 0.25) is 0 Å². The Balaban J connectivity index is 2.66. The summed E-state index contributed by atoms with van der Waals surface area (Å²) in [5.74, 6) is -4.92. The lowest BCUT2D eigenvalue weighted by atomic mass is 10.0. The molecule has 0 fully saturated rings. The maximum atomic E-state index is 13.7. The highest BCUT2D eigenvalue weighted by atomic mass is 19.1. The molecule has 100 valence electrons. The van der Waals surface area contributed by atoms with Crippen LogP contribution in [-0.2, 0) is 6.42 Å². The number of aromatic hydroxyl groups is 1. The van der Waals surface area contributed by atoms with Crippen molar-refractivity contribution in [2.24, 2.45) is 0 Å². The van der Waals surface area contributed by atoms with Crippen LogP contribution >= 0.6 is 0 Å². The first-order valence-electron chi connectivity index (χ1n) is 5.36. The number of nitrogens with zero attached hydrogens (tertiary/aromatic N) is 1. The smallest absolute Gasteiger partial charge is 0.358 e. The van der Waals surface area contributed by atoms with Crippen molar-refractivity contribution in [2.75, 3.05) is 0 Å². The molecule has 0 aliphatic heterocycles. The predicted molar refractivity (Wildman–Crippen MR) is 59.9 cm³/mol. The second-order valence-electron chi connectivity index (χ2n) is 3.76. The maximum Gasteiger partial charge on any atom is 0.358 e. The number of benzene rings is 1. The third-order valence-electron chi connectivity index (χ3n) is 2.66. The summed E-state index contributed by atoms with van der Waals surface area (Å²) in [7, 11) is 0. The lowest BCUT2D eigenvalue weighted by molar-refractivity contribution is 0.0685. The fourth-order valence-corrected chi connectivity index (χ4v) is 1.73. The van der Waals surface area contributed by atoms with Crippen LogP contribution in [0.4, 0.5) is 8.78 Å². The fraction of sp³-hybridized carbons (Fsp3) is 0.167. The molecule has 0 bridgehead atoms. The number of carboxylic acid groups (broad SMARTS) is 1. The minimum Gasteiger partial charge on any atom is -0.503 e. The first-order chi connectivity index (χ1) is 8.97. The zero-order valence-electron chi connectivity index (χ0n) is 9.78. The largest absolute Gasteiger partial charge is 0.503 e. The number of hydrogen-bond acceptors (Lipinski definition) is 4. The molecule has 0 radical (unpaired) electrons. The van der Waals surface area contributed by atoms with Gasteiger partial charge in [0, 0.05) is 5.56 Å². The van der Waals surface area contributed by atoms with Gasteiger partial charge in [0.05, 0.1) is 5.56 Å². The van der Waals surface area contributed by atoms with Gasteiger partial charge in [-0.25, -0.2) is 13.6 Å². The normalized spacial score (nSPS) is 10.7. The molecule has 1 heterocycles. The molecule has 0 saturated carbocycles. The Morgan fingerprint density at radius 2 is 2.11 bits per heavy atom. The number of hydrogen-bond donors (Lipinski definition) is 2. The molecule has 19 heavy (non-hydrogen) atoms. The molecule has 0 unspecified atom stereocenters. The van der Waals surface area contributed by atoms with E-state index in [-0.39, 0.29) is 29.0 Å². The van der Waals surface area contributed by atoms with Crippen molar-refractivity contribution in [2.45, 2.75) is 13.3 Å². The second kappa shape index (κ2) is 4.68. The quantitative estimate of drug-likeness (QED) is 0.894. The van der Waals surface area contributed by atoms with Crippen molar-refractivity contribution in [3.63, 3.8) is 0 Å². The van der Waals surface area contributed by atoms with Gasteiger partial charge in [0.25, 0.3) is 0 Å². The number of halogens is 2. The van der Waals surface area contributed by atoms with Crippen LogP contribution in [0.1, 0.15) is 23.0 Å². The standard InChI is InChI=1S/C12H9F2NO4/c1-2-5-9(12(17)18)15-19-11(5)6-3-4-7(13)10(16)8(6)14/h3-4,16H,2H2,1H3,(H,17,18). The molecule has 0 atom stereocenters. The molecule has 0 amide bonds. The summed E-state index contributed by atoms with van der Waals surface area (Å²) in [6, 6.07) is 1.91. The second-order valence-corrected chi connectivity index (χ2v) is 3.76. The molecule has 0 aliphatic carbocycles. The molecule has 2 N–H and O–H groups in total. The van der Waals surface area contributed by atoms with Gasteiger partial charge < -0.3 is 14.7 Å². The summed E-state index contributed by atoms with van der Waals surface area (Å²) in [4.78, 5) is 10.9. The first kappa shape index (κ1) is 13.0. The highest BCUT2D eigenvalue weighted by Crippen LogP contribution is 2.33. The first-order valence-corrected chi connectivity index (χ1v) is 5.36. The average Bonchev–Trinajstić information content (AvgIpc) is 2.80. The molecule has 1 aromatic carbocycles. The minimum atomic E-state index is -1.31. The predicted octanol–water partition coefficient (Wildman–Crippen LogP) is 2.59. The Bertz CT molecular complexity index is 651. The SMILES string of the molecule is CCc1c(C(=O)O)noc1-c1ccc(F)c(O)c1F. The zero-order chi connectivity index (χ0) is 14.2. The van der Waals surface area contributed by atoms with Crippen LogP contribution in [0.15, 0.2) is 16.7 Å². The van der Waals surface area contributed by atoms with E-state index >= 15 is 0 Å². The van der Waals surface area contributed by atoms with Gasteiger partial charge in [-0.2, -0.15) is 0 Å². The van der Waals surface area contributed by atoms with E-state index in [9.17, 15) is 18.7 Å². The van der Waals surface area contributed by atoms with Gasteiger partial charge in [0.1, 0.15) is 0 Å². The number of carboxylic acids is 1. The highest BCUT2D eigenvalue weighted by Gasteiger charge is 2.25. The number of rotatable bonds is 3. The summed E-state index contributed by atoms with van der Waals surface area (Å²) in [5, 5.41) is 21.4. The monoisotopic (exact) mass is 269 g/mol. The number of carbonyl (C=O) groups is 1. The van der Waals surface area contributed by atoms with Crippen molar-refractivity contribution in [1.29, 1.82) is 0 Å². The summed E-state index contributed by atoms with van der Waals surface area (Å²) in [5.41, 5.74) is -0.395. The molecule has 2 rings (SSSR count). The van der Waals surface area contributed by atoms with E-state index in [1.54, 1.807) is 6.92 Å². The van der Waals surface area contributed by atoms with Crippen LogP contribution in [0.2, 0.25) is 0 Å². The molecular formula is C12H9F2NO4. The summed E-state index contributed by atoms with van der Waals surface area (Å²) >= 11 is 0. The van der Waals surface area contributed by atoms with Crippen LogP contribution in [0.25, 0.3) is 11.3 Å². The molecule has 1 aromatic heterocycles. The van der Waals surface area contributed by atoms with Crippen molar-refractivity contribution in [3.8, 4) is 17.1 Å². The van der Waals surface area contributed by atoms with E-state index in [4.69, 9.17) is 9.63 Å². The van der Waals surface area contributed by atoms with Crippen LogP contribution in [0.3, 0.4) is 0 Å². The van der Waals surface area contributed by atoms with Crippen LogP contribution in [-0.4, -0.2) is 21.3 Å². The zero-order valence-corrected chi connectivity index (χ0v) is 9.78. The molecule has 2 aromatic rings. The van der Waals surface area contributed by atoms with E-state index < -0.39 is 23.4 Å². The lowest BCUT2D eigenvalue weighted by Crippen LogP contribution is -2.01. The third kappa shape index (κ3) is 2.03. The van der Waals surface area contributed by atoms with E-state index in [0.29, 0.717) is 0 Å². The number of phenols is 1. The van der Waals surface area contributed by atoms with E-state index in [2.05, 4.69) is 5.16 Å². The third-order valence-corrected chi connectivity index (χ3v) is 2.66. The molecule has 0 spiro atoms. The Morgan fingerprint density at radius 3 is 2.68 bits per heavy atom. The lowest BCUT2D eigenvalue weighted by Gasteiger charge is -2.04. The van der Waals surface area contributed by atoms with Crippen LogP contribution in [0, 0.1) is 11.6 Å². The molecular weight excluding hydrogens is 260 g/mol. The molecule has 0 saturated heterocycles. The van der Waals surface area contributed by atoms with Gasteiger partial charge in [-0.15, -0.1) is 0 Å². The maximum absolute atomic E-state index is 13.7. The van der Waals surface area contributed by atoms with Gasteiger partial charge >= 0.3 is 5.97 Å². The van der Waals surface area contributed by atoms with E-state index in [1.807, 2.05) is 0 Å². The van der Waals surface area contributed by atoms with Crippen LogP contribution < -0.4 is 0 Å². The molecule has 0 aliphatic rings. The highest BCUT2D eigenvalue weighted by molar-refractivity contribution is 5.89. The van der Waals surface area contributed by atoms with Gasteiger partial charge in [0.15, 0.2) is 28.8 Å². The Labute approximate surface area is 106 Å². The Hall–Kier alpha value is -2.44. The van der Waals surface area contributed by atoms with Gasteiger partial charge in [-0.1, -0.05) is 12.1 Å². The minimum absolute atomic E-state index is 0.132. The van der Waals surface area contributed by atoms with Crippen molar-refractivity contribution < 1.29 is 28.3 Å². The topological polar surface area (TPSA) is 83.6 Å². The number of aromatic carboxylic acids is 1. The summed E-state index contributed by atoms with van der Waals surface area (Å²) < 4.78 is 31.5. The number of phenolic OH excluding ortho intramolecular Hbond substituents is 1. The average molecular weight is 269 g/mol. The van der Waals surface area contributed by atoms with E-state index in [1.165, 1.54) is 0 Å². The van der Waals surface area contributed by atoms with Crippen LogP contribution in [0.5, 0.6) is 5.75 Å². The Kier molecular flexibility index (Phi) is 3.20. The molecule has 5 nitrogen and oxygen atoms in total. The van der Waals surface area contributed by atoms with Gasteiger partial charge in [-0.05, 0) is 18.6 Å².